The Morgan fingerprint density at radius 1 is 0.897 bits per heavy atom. The average Bonchev–Trinajstić information content (AvgIpc) is 2.66. The number of hydrogen-bond donors (Lipinski definition) is 1. The zero-order valence-electron chi connectivity index (χ0n) is 17.4. The number of unbranched alkanes of at least 4 members (excludes halogenated alkanes) is 7. The minimum Gasteiger partial charge on any atom is -0.872 e. The molecule has 0 aliphatic heterocycles. The summed E-state index contributed by atoms with van der Waals surface area (Å²) >= 11 is 0. The van der Waals surface area contributed by atoms with Crippen molar-refractivity contribution in [1.82, 2.24) is 0 Å². The minimum absolute atomic E-state index is 0. The molecule has 0 bridgehead atoms. The SMILES string of the molecule is CCCCCCCCCCc1cc(Oc2cccc(S(=O)(=O)O)c2)ccc1[O-].[Na+]. The van der Waals surface area contributed by atoms with Gasteiger partial charge in [-0.15, -0.1) is 5.75 Å². The van der Waals surface area contributed by atoms with Crippen molar-refractivity contribution in [2.45, 2.75) is 69.6 Å². The molecule has 0 saturated heterocycles. The third-order valence-corrected chi connectivity index (χ3v) is 5.52. The molecule has 2 rings (SSSR count). The molecule has 7 heteroatoms. The molecular weight excluding hydrogens is 399 g/mol. The van der Waals surface area contributed by atoms with E-state index in [1.165, 1.54) is 62.8 Å². The number of benzene rings is 2. The Labute approximate surface area is 196 Å². The van der Waals surface area contributed by atoms with Crippen LogP contribution in [0.3, 0.4) is 0 Å². The first kappa shape index (κ1) is 26.0. The maximum Gasteiger partial charge on any atom is 1.00 e. The molecule has 0 saturated carbocycles. The van der Waals surface area contributed by atoms with E-state index in [0.29, 0.717) is 17.7 Å². The van der Waals surface area contributed by atoms with Gasteiger partial charge in [0, 0.05) is 6.07 Å². The molecule has 5 nitrogen and oxygen atoms in total. The molecule has 29 heavy (non-hydrogen) atoms. The van der Waals surface area contributed by atoms with Gasteiger partial charge in [0.1, 0.15) is 11.5 Å². The molecule has 0 fully saturated rings. The normalized spacial score (nSPS) is 11.1. The number of ether oxygens (including phenoxy) is 1. The van der Waals surface area contributed by atoms with Crippen molar-refractivity contribution in [3.8, 4) is 17.2 Å². The summed E-state index contributed by atoms with van der Waals surface area (Å²) in [6, 6.07) is 10.4. The first-order chi connectivity index (χ1) is 13.4. The van der Waals surface area contributed by atoms with Crippen LogP contribution in [0.4, 0.5) is 0 Å². The molecule has 0 atom stereocenters. The van der Waals surface area contributed by atoms with Crippen LogP contribution in [-0.2, 0) is 16.5 Å². The molecule has 0 aromatic heterocycles. The molecule has 154 valence electrons. The summed E-state index contributed by atoms with van der Waals surface area (Å²) in [7, 11) is -4.29. The quantitative estimate of drug-likeness (QED) is 0.319. The molecule has 0 unspecified atom stereocenters. The fourth-order valence-electron chi connectivity index (χ4n) is 3.10. The van der Waals surface area contributed by atoms with Gasteiger partial charge < -0.3 is 9.84 Å². The van der Waals surface area contributed by atoms with Gasteiger partial charge >= 0.3 is 29.6 Å². The molecule has 2 aromatic carbocycles. The van der Waals surface area contributed by atoms with E-state index in [-0.39, 0.29) is 46.0 Å². The van der Waals surface area contributed by atoms with E-state index in [9.17, 15) is 13.5 Å². The van der Waals surface area contributed by atoms with Gasteiger partial charge in [0.15, 0.2) is 0 Å². The summed E-state index contributed by atoms with van der Waals surface area (Å²) in [6.07, 6.45) is 10.4. The van der Waals surface area contributed by atoms with Crippen molar-refractivity contribution in [2.75, 3.05) is 0 Å². The number of aryl methyl sites for hydroxylation is 1. The fraction of sp³-hybridized carbons (Fsp3) is 0.455. The topological polar surface area (TPSA) is 86.7 Å². The maximum absolute atomic E-state index is 12.1. The van der Waals surface area contributed by atoms with Gasteiger partial charge in [0.05, 0.1) is 4.90 Å². The summed E-state index contributed by atoms with van der Waals surface area (Å²) in [4.78, 5) is -0.232. The standard InChI is InChI=1S/C22H30O5S.Na/c1-2-3-4-5-6-7-8-9-11-18-16-20(14-15-22(18)23)27-19-12-10-13-21(17-19)28(24,25)26;/h10,12-17,23H,2-9,11H2,1H3,(H,24,25,26);/q;+1/p-1. The molecule has 0 spiro atoms. The Kier molecular flexibility index (Phi) is 11.9. The van der Waals surface area contributed by atoms with Crippen LogP contribution >= 0.6 is 0 Å². The maximum atomic E-state index is 12.1. The van der Waals surface area contributed by atoms with Gasteiger partial charge in [-0.3, -0.25) is 4.55 Å². The minimum atomic E-state index is -4.29. The van der Waals surface area contributed by atoms with E-state index >= 15 is 0 Å². The second-order valence-electron chi connectivity index (χ2n) is 7.05. The zero-order valence-corrected chi connectivity index (χ0v) is 20.2. The predicted octanol–water partition coefficient (Wildman–Crippen LogP) is 2.49. The Hall–Kier alpha value is -1.05. The average molecular weight is 429 g/mol. The van der Waals surface area contributed by atoms with Crippen LogP contribution in [0.25, 0.3) is 0 Å². The van der Waals surface area contributed by atoms with Gasteiger partial charge in [-0.25, -0.2) is 0 Å². The van der Waals surface area contributed by atoms with Crippen molar-refractivity contribution in [2.24, 2.45) is 0 Å². The Balaban J connectivity index is 0.00000420. The molecule has 0 amide bonds. The predicted molar refractivity (Wildman–Crippen MR) is 109 cm³/mol. The molecule has 0 radical (unpaired) electrons. The molecule has 0 heterocycles. The van der Waals surface area contributed by atoms with Gasteiger partial charge in [-0.05, 0) is 37.1 Å². The first-order valence-electron chi connectivity index (χ1n) is 9.95. The van der Waals surface area contributed by atoms with Crippen molar-refractivity contribution in [3.63, 3.8) is 0 Å². The van der Waals surface area contributed by atoms with Gasteiger partial charge in [-0.1, -0.05) is 69.6 Å². The third kappa shape index (κ3) is 9.53. The van der Waals surface area contributed by atoms with Crippen LogP contribution in [-0.4, -0.2) is 13.0 Å². The number of rotatable bonds is 12. The second-order valence-corrected chi connectivity index (χ2v) is 8.47. The summed E-state index contributed by atoms with van der Waals surface area (Å²) < 4.78 is 37.3. The van der Waals surface area contributed by atoms with E-state index in [1.54, 1.807) is 18.2 Å². The van der Waals surface area contributed by atoms with E-state index in [4.69, 9.17) is 9.29 Å². The van der Waals surface area contributed by atoms with Gasteiger partial charge in [0.2, 0.25) is 0 Å². The van der Waals surface area contributed by atoms with E-state index in [2.05, 4.69) is 6.92 Å². The number of hydrogen-bond acceptors (Lipinski definition) is 4. The van der Waals surface area contributed by atoms with Crippen molar-refractivity contribution in [1.29, 1.82) is 0 Å². The first-order valence-corrected chi connectivity index (χ1v) is 11.4. The van der Waals surface area contributed by atoms with Crippen molar-refractivity contribution < 1.29 is 52.4 Å². The van der Waals surface area contributed by atoms with Crippen molar-refractivity contribution in [3.05, 3.63) is 48.0 Å². The zero-order chi connectivity index (χ0) is 20.4. The molecule has 2 aromatic rings. The van der Waals surface area contributed by atoms with Crippen LogP contribution in [0, 0.1) is 0 Å². The van der Waals surface area contributed by atoms with Crippen LogP contribution in [0.15, 0.2) is 47.4 Å². The molecule has 0 aliphatic rings. The second kappa shape index (κ2) is 13.3. The Bertz CT molecular complexity index is 852. The summed E-state index contributed by atoms with van der Waals surface area (Å²) in [5, 5.41) is 12.1. The van der Waals surface area contributed by atoms with E-state index < -0.39 is 10.1 Å². The Morgan fingerprint density at radius 2 is 1.52 bits per heavy atom. The van der Waals surface area contributed by atoms with E-state index in [0.717, 1.165) is 12.8 Å². The van der Waals surface area contributed by atoms with Crippen LogP contribution in [0.5, 0.6) is 17.2 Å². The van der Waals surface area contributed by atoms with Crippen LogP contribution in [0.2, 0.25) is 0 Å². The largest absolute Gasteiger partial charge is 1.00 e. The van der Waals surface area contributed by atoms with Crippen LogP contribution in [0.1, 0.15) is 63.9 Å². The molecule has 1 N–H and O–H groups in total. The van der Waals surface area contributed by atoms with Gasteiger partial charge in [-0.2, -0.15) is 8.42 Å². The van der Waals surface area contributed by atoms with Crippen LogP contribution < -0.4 is 39.4 Å². The van der Waals surface area contributed by atoms with E-state index in [1.807, 2.05) is 0 Å². The summed E-state index contributed by atoms with van der Waals surface area (Å²) in [5.74, 6) is 0.746. The van der Waals surface area contributed by atoms with Gasteiger partial charge in [0.25, 0.3) is 10.1 Å². The summed E-state index contributed by atoms with van der Waals surface area (Å²) in [5.41, 5.74) is 0.703. The van der Waals surface area contributed by atoms with Crippen molar-refractivity contribution >= 4 is 10.1 Å². The monoisotopic (exact) mass is 428 g/mol. The smallest absolute Gasteiger partial charge is 0.872 e. The fourth-order valence-corrected chi connectivity index (χ4v) is 3.61. The summed E-state index contributed by atoms with van der Waals surface area (Å²) in [6.45, 7) is 2.21. The Morgan fingerprint density at radius 3 is 2.17 bits per heavy atom. The molecular formula is C22H29NaO5S. The molecule has 0 aliphatic carbocycles. The third-order valence-electron chi connectivity index (χ3n) is 4.67.